The second-order valence-electron chi connectivity index (χ2n) is 20.7. The van der Waals surface area contributed by atoms with Crippen molar-refractivity contribution in [3.05, 3.63) is 160 Å². The van der Waals surface area contributed by atoms with Crippen molar-refractivity contribution in [1.29, 1.82) is 0 Å². The summed E-state index contributed by atoms with van der Waals surface area (Å²) < 4.78 is 170. The molecule has 3 N–H and O–H groups in total. The van der Waals surface area contributed by atoms with Gasteiger partial charge in [0.1, 0.15) is 17.2 Å². The van der Waals surface area contributed by atoms with Gasteiger partial charge in [-0.15, -0.1) is 0 Å². The van der Waals surface area contributed by atoms with E-state index in [1.165, 1.54) is 42.9 Å². The van der Waals surface area contributed by atoms with Crippen LogP contribution in [0.25, 0.3) is 0 Å². The zero-order chi connectivity index (χ0) is 60.0. The van der Waals surface area contributed by atoms with E-state index in [9.17, 15) is 81.5 Å². The summed E-state index contributed by atoms with van der Waals surface area (Å²) in [6.07, 6.45) is -2.62. The molecule has 2 unspecified atom stereocenters. The number of alkyl halides is 12. The van der Waals surface area contributed by atoms with Crippen molar-refractivity contribution in [2.75, 3.05) is 13.2 Å². The van der Waals surface area contributed by atoms with Crippen molar-refractivity contribution < 1.29 is 95.7 Å². The third-order valence-electron chi connectivity index (χ3n) is 13.7. The quantitative estimate of drug-likeness (QED) is 0.0991. The van der Waals surface area contributed by atoms with Crippen LogP contribution in [0.15, 0.2) is 126 Å². The molecule has 0 aliphatic heterocycles. The summed E-state index contributed by atoms with van der Waals surface area (Å²) in [5, 5.41) is 7.25. The van der Waals surface area contributed by atoms with Crippen molar-refractivity contribution in [3.63, 3.8) is 0 Å². The number of allylic oxidation sites excluding steroid dienone is 9. The smallest absolute Gasteiger partial charge is 0.416 e. The van der Waals surface area contributed by atoms with Gasteiger partial charge in [-0.3, -0.25) is 28.8 Å². The van der Waals surface area contributed by atoms with E-state index in [-0.39, 0.29) is 93.6 Å². The lowest BCUT2D eigenvalue weighted by Gasteiger charge is -2.19. The van der Waals surface area contributed by atoms with Gasteiger partial charge in [-0.05, 0) is 128 Å². The third-order valence-corrected chi connectivity index (χ3v) is 13.7. The molecule has 0 bridgehead atoms. The van der Waals surface area contributed by atoms with Crippen molar-refractivity contribution in [2.24, 2.45) is 23.2 Å². The van der Waals surface area contributed by atoms with Gasteiger partial charge >= 0.3 is 24.7 Å². The number of fused-ring (bicyclic) bond motifs is 1. The molecule has 3 amide bonds. The van der Waals surface area contributed by atoms with Crippen LogP contribution in [0.1, 0.15) is 119 Å². The topological polar surface area (TPSA) is 166 Å². The first-order valence-corrected chi connectivity index (χ1v) is 25.6. The highest BCUT2D eigenvalue weighted by Crippen LogP contribution is 2.53. The minimum absolute atomic E-state index is 0.0765. The average molecular weight is 1160 g/mol. The molecule has 6 aliphatic rings. The van der Waals surface area contributed by atoms with E-state index in [4.69, 9.17) is 14.2 Å². The van der Waals surface area contributed by atoms with Crippen LogP contribution in [0.3, 0.4) is 0 Å². The fourth-order valence-corrected chi connectivity index (χ4v) is 9.02. The zero-order valence-corrected chi connectivity index (χ0v) is 43.7. The highest BCUT2D eigenvalue weighted by Gasteiger charge is 2.48. The molecule has 0 radical (unpaired) electrons. The van der Waals surface area contributed by atoms with E-state index in [1.807, 2.05) is 0 Å². The van der Waals surface area contributed by atoms with Gasteiger partial charge in [0.15, 0.2) is 17.3 Å². The number of benzene rings is 3. The van der Waals surface area contributed by atoms with Gasteiger partial charge in [0.25, 0.3) is 17.7 Å². The van der Waals surface area contributed by atoms with Gasteiger partial charge in [-0.25, -0.2) is 0 Å². The highest BCUT2D eigenvalue weighted by atomic mass is 19.4. The number of amides is 3. The minimum Gasteiger partial charge on any atom is -0.493 e. The first-order valence-electron chi connectivity index (χ1n) is 25.6. The Morgan fingerprint density at radius 2 is 0.902 bits per heavy atom. The molecule has 0 aromatic heterocycles. The number of hydrogen-bond acceptors (Lipinski definition) is 9. The van der Waals surface area contributed by atoms with E-state index in [0.29, 0.717) is 36.5 Å². The van der Waals surface area contributed by atoms with E-state index in [1.54, 1.807) is 24.3 Å². The molecule has 24 heteroatoms. The average Bonchev–Trinajstić information content (AvgIpc) is 4.41. The molecule has 82 heavy (non-hydrogen) atoms. The van der Waals surface area contributed by atoms with Crippen LogP contribution in [-0.2, 0) is 32.9 Å². The monoisotopic (exact) mass is 1160 g/mol. The predicted molar refractivity (Wildman–Crippen MR) is 271 cm³/mol. The molecule has 9 rings (SSSR count). The Bertz CT molecular complexity index is 3150. The molecular weight excluding hydrogens is 1110 g/mol. The molecule has 12 nitrogen and oxygen atoms in total. The van der Waals surface area contributed by atoms with Crippen LogP contribution < -0.4 is 30.2 Å². The molecule has 3 saturated carbocycles. The summed E-state index contributed by atoms with van der Waals surface area (Å²) in [5.74, 6) is -1.61. The van der Waals surface area contributed by atoms with Crippen molar-refractivity contribution >= 4 is 35.1 Å². The largest absolute Gasteiger partial charge is 0.493 e. The lowest BCUT2D eigenvalue weighted by Crippen LogP contribution is -2.26. The fraction of sp³-hybridized carbons (Fsp3) is 0.379. The Morgan fingerprint density at radius 1 is 0.537 bits per heavy atom. The highest BCUT2D eigenvalue weighted by molar-refractivity contribution is 6.02. The molecule has 0 heterocycles. The summed E-state index contributed by atoms with van der Waals surface area (Å²) in [6, 6.07) is 7.86. The van der Waals surface area contributed by atoms with Crippen molar-refractivity contribution in [3.8, 4) is 17.2 Å². The van der Waals surface area contributed by atoms with E-state index in [2.05, 4.69) is 29.8 Å². The Balaban J connectivity index is 0.000000177. The first-order chi connectivity index (χ1) is 38.3. The molecule has 3 aromatic rings. The molecule has 438 valence electrons. The van der Waals surface area contributed by atoms with Crippen LogP contribution in [0.5, 0.6) is 17.2 Å². The van der Waals surface area contributed by atoms with Crippen LogP contribution in [0, 0.1) is 23.2 Å². The van der Waals surface area contributed by atoms with Gasteiger partial charge < -0.3 is 30.2 Å². The lowest BCUT2D eigenvalue weighted by molar-refractivity contribution is -0.138. The van der Waals surface area contributed by atoms with E-state index in [0.717, 1.165) is 55.7 Å². The molecule has 0 spiro atoms. The summed E-state index contributed by atoms with van der Waals surface area (Å²) >= 11 is 0. The Morgan fingerprint density at radius 3 is 1.26 bits per heavy atom. The van der Waals surface area contributed by atoms with Crippen molar-refractivity contribution in [2.45, 2.75) is 102 Å². The normalized spacial score (nSPS) is 20.6. The Hall–Kier alpha value is -7.92. The lowest BCUT2D eigenvalue weighted by atomic mass is 10.1. The first kappa shape index (κ1) is 61.7. The second-order valence-corrected chi connectivity index (χ2v) is 20.7. The van der Waals surface area contributed by atoms with Crippen molar-refractivity contribution in [1.82, 2.24) is 16.0 Å². The number of hydrogen-bond donors (Lipinski definition) is 3. The van der Waals surface area contributed by atoms with Gasteiger partial charge in [-0.2, -0.15) is 52.7 Å². The summed E-state index contributed by atoms with van der Waals surface area (Å²) in [5.41, 5.74) is -3.15. The fourth-order valence-electron chi connectivity index (χ4n) is 9.02. The predicted octanol–water partition coefficient (Wildman–Crippen LogP) is 12.9. The molecule has 4 atom stereocenters. The second kappa shape index (κ2) is 25.1. The van der Waals surface area contributed by atoms with Crippen LogP contribution in [-0.4, -0.2) is 60.6 Å². The van der Waals surface area contributed by atoms with Crippen LogP contribution >= 0.6 is 0 Å². The molecule has 0 saturated heterocycles. The zero-order valence-electron chi connectivity index (χ0n) is 43.7. The summed E-state index contributed by atoms with van der Waals surface area (Å²) in [4.78, 5) is 71.8. The molecule has 3 aromatic carbocycles. The number of ether oxygens (including phenoxy) is 3. The number of nitrogens with one attached hydrogen (secondary N) is 3. The Labute approximate surface area is 461 Å². The van der Waals surface area contributed by atoms with Crippen LogP contribution in [0.4, 0.5) is 52.7 Å². The van der Waals surface area contributed by atoms with E-state index < -0.39 is 84.1 Å². The van der Waals surface area contributed by atoms with E-state index >= 15 is 0 Å². The maximum absolute atomic E-state index is 13.1. The van der Waals surface area contributed by atoms with Gasteiger partial charge in [0.2, 0.25) is 0 Å². The number of halogens is 12. The van der Waals surface area contributed by atoms with Gasteiger partial charge in [0, 0.05) is 61.0 Å². The molecule has 3 fully saturated rings. The molecule has 6 aliphatic carbocycles. The summed E-state index contributed by atoms with van der Waals surface area (Å²) in [7, 11) is 0. The number of rotatable bonds is 15. The van der Waals surface area contributed by atoms with Crippen LogP contribution in [0.2, 0.25) is 0 Å². The van der Waals surface area contributed by atoms with Gasteiger partial charge in [-0.1, -0.05) is 32.1 Å². The maximum Gasteiger partial charge on any atom is 0.416 e. The summed E-state index contributed by atoms with van der Waals surface area (Å²) in [6.45, 7) is 4.06. The Kier molecular flexibility index (Phi) is 18.9. The number of carbonyl (C=O) groups is 6. The third kappa shape index (κ3) is 17.8. The maximum atomic E-state index is 13.1. The SMILES string of the molecule is CC1(C)CC1COc1ccc(C(F)(F)F)cc1C(=O)NC1=CC(=O)CC=C1.O=C1C=C(NC(=O)c2cc(C(F)(F)F)ccc2OC2C[C@@H]3C[C@@H]3C2)C=CC1.O=C1C=C(NC(=O)c2cc(C(F)(F)F)ccc2OCCCC(F)(F)F)C=CC1. The minimum atomic E-state index is -4.73. The molecular formula is C58H53F12N3O9. The number of ketones is 3. The standard InChI is InChI=1S/C20H18F3NO3.C20H20F3NO3.C18H15F6NO3/c21-20(22,23)13-4-5-18(27-16-7-11-6-12(11)8-16)17(9-13)19(26)24-14-2-1-3-15(25)10-14;1-19(2)10-13(19)11-27-17-7-6-12(20(21,22)23)8-16(17)18(26)24-14-4-3-5-15(25)9-14;19-17(20,21)7-2-8-28-15-6-5-11(18(22,23)24)9-14(15)16(27)25-12-3-1-4-13(26)10-12/h1-2,4-5,9-12,16H,3,6-8H2,(H,24,26);3-4,6-9,13H,5,10-11H2,1-2H3,(H,24,26);1,3,5-6,9-10H,2,4,7-8H2,(H,25,27)/t11-,12+,16?;;. The van der Waals surface area contributed by atoms with Gasteiger partial charge in [0.05, 0.1) is 52.7 Å². The number of carbonyl (C=O) groups excluding carboxylic acids is 6.